The number of ether oxygens (including phenoxy) is 1. The average molecular weight is 379 g/mol. The monoisotopic (exact) mass is 379 g/mol. The van der Waals surface area contributed by atoms with E-state index in [9.17, 15) is 4.79 Å². The highest BCUT2D eigenvalue weighted by molar-refractivity contribution is 6.07. The summed E-state index contributed by atoms with van der Waals surface area (Å²) >= 11 is 0. The first kappa shape index (κ1) is 14.3. The van der Waals surface area contributed by atoms with Crippen LogP contribution in [0.5, 0.6) is 0 Å². The van der Waals surface area contributed by atoms with Crippen molar-refractivity contribution in [2.45, 2.75) is 31.0 Å². The lowest BCUT2D eigenvalue weighted by Gasteiger charge is -2.46. The minimum Gasteiger partial charge on any atom is -0.378 e. The molecule has 2 aromatic heterocycles. The van der Waals surface area contributed by atoms with E-state index in [0.29, 0.717) is 31.6 Å². The van der Waals surface area contributed by atoms with E-state index in [1.807, 2.05) is 47.2 Å². The number of pyridine rings is 1. The van der Waals surface area contributed by atoms with Crippen molar-refractivity contribution >= 4 is 16.8 Å². The summed E-state index contributed by atoms with van der Waals surface area (Å²) in [7, 11) is 0. The number of benzene rings is 1. The number of hydrogen-bond donors (Lipinski definition) is 1. The third-order valence-electron chi connectivity index (χ3n) is 5.74. The maximum absolute atomic E-state index is 13.3. The highest BCUT2D eigenvalue weighted by Crippen LogP contribution is 2.28. The topological polar surface area (TPSA) is 59.4 Å². The molecule has 2 fully saturated rings. The maximum atomic E-state index is 13.3. The van der Waals surface area contributed by atoms with E-state index in [2.05, 4.69) is 10.3 Å². The molecular formula is C22H24N4O2. The molecule has 3 atom stereocenters. The number of fused-ring (bicyclic) bond motifs is 3. The molecule has 1 N–H and O–H groups in total. The number of rotatable bonds is 3. The highest BCUT2D eigenvalue weighted by atomic mass is 16.5. The highest BCUT2D eigenvalue weighted by Gasteiger charge is 2.37. The van der Waals surface area contributed by atoms with Gasteiger partial charge in [0.05, 0.1) is 36.2 Å². The van der Waals surface area contributed by atoms with E-state index < -0.39 is 6.98 Å². The predicted octanol–water partition coefficient (Wildman–Crippen LogP) is 2.62. The van der Waals surface area contributed by atoms with Crippen molar-refractivity contribution in [3.8, 4) is 5.69 Å². The van der Waals surface area contributed by atoms with Crippen molar-refractivity contribution in [1.82, 2.24) is 19.8 Å². The SMILES string of the molecule is [2H]C([2H])([2H])N1[C@@H]2COC[C@H]1CC(NC(=O)c1cn(-c3cccnc3)c3ccccc13)C2. The molecule has 2 aliphatic heterocycles. The fourth-order valence-electron chi connectivity index (χ4n) is 4.37. The van der Waals surface area contributed by atoms with Gasteiger partial charge in [0.15, 0.2) is 0 Å². The molecule has 1 unspecified atom stereocenters. The van der Waals surface area contributed by atoms with Crippen molar-refractivity contribution in [3.63, 3.8) is 0 Å². The second kappa shape index (κ2) is 7.04. The van der Waals surface area contributed by atoms with Gasteiger partial charge in [0.25, 0.3) is 5.91 Å². The first-order valence-corrected chi connectivity index (χ1v) is 9.59. The van der Waals surface area contributed by atoms with Crippen LogP contribution in [0.25, 0.3) is 16.6 Å². The van der Waals surface area contributed by atoms with Crippen LogP contribution in [0.4, 0.5) is 0 Å². The summed E-state index contributed by atoms with van der Waals surface area (Å²) in [6.45, 7) is -1.39. The van der Waals surface area contributed by atoms with Crippen molar-refractivity contribution in [1.29, 1.82) is 0 Å². The van der Waals surface area contributed by atoms with Gasteiger partial charge in [0, 0.05) is 40.0 Å². The standard InChI is InChI=1S/C22H24N4O2/c1-25-17-9-15(10-18(25)14-28-13-17)24-22(27)20-12-26(16-5-4-8-23-11-16)21-7-3-2-6-19(20)21/h2-8,11-12,15,17-18H,9-10,13-14H2,1H3,(H,24,27)/t15?,17-,18+/i1D3. The summed E-state index contributed by atoms with van der Waals surface area (Å²) in [6, 6.07) is 11.1. The molecule has 0 spiro atoms. The van der Waals surface area contributed by atoms with Gasteiger partial charge in [-0.15, -0.1) is 0 Å². The molecule has 6 heteroatoms. The Bertz CT molecular complexity index is 1090. The van der Waals surface area contributed by atoms with Crippen molar-refractivity contribution in [3.05, 3.63) is 60.6 Å². The van der Waals surface area contributed by atoms with E-state index in [4.69, 9.17) is 8.85 Å². The van der Waals surface area contributed by atoms with Gasteiger partial charge in [-0.25, -0.2) is 0 Å². The van der Waals surface area contributed by atoms with Crippen LogP contribution in [0.15, 0.2) is 55.0 Å². The molecule has 1 amide bonds. The molecule has 0 aliphatic carbocycles. The summed E-state index contributed by atoms with van der Waals surface area (Å²) in [4.78, 5) is 19.1. The van der Waals surface area contributed by atoms with Crippen LogP contribution in [0.2, 0.25) is 0 Å². The second-order valence-electron chi connectivity index (χ2n) is 7.54. The van der Waals surface area contributed by atoms with Crippen LogP contribution >= 0.6 is 0 Å². The first-order valence-electron chi connectivity index (χ1n) is 11.1. The number of hydrogen-bond acceptors (Lipinski definition) is 4. The summed E-state index contributed by atoms with van der Waals surface area (Å²) < 4.78 is 31.1. The molecule has 3 aromatic rings. The molecule has 4 heterocycles. The number of morpholine rings is 1. The maximum Gasteiger partial charge on any atom is 0.253 e. The number of likely N-dealkylation sites (N-methyl/N-ethyl adjacent to an activating group) is 1. The van der Waals surface area contributed by atoms with Crippen molar-refractivity contribution in [2.75, 3.05) is 20.2 Å². The number of para-hydroxylation sites is 1. The minimum absolute atomic E-state index is 0.0921. The van der Waals surface area contributed by atoms with E-state index in [1.54, 1.807) is 17.3 Å². The lowest BCUT2D eigenvalue weighted by atomic mass is 9.90. The number of amides is 1. The van der Waals surface area contributed by atoms with E-state index in [-0.39, 0.29) is 24.0 Å². The predicted molar refractivity (Wildman–Crippen MR) is 108 cm³/mol. The lowest BCUT2D eigenvalue weighted by molar-refractivity contribution is -0.0670. The Morgan fingerprint density at radius 2 is 2.04 bits per heavy atom. The average Bonchev–Trinajstić information content (AvgIpc) is 3.13. The summed E-state index contributed by atoms with van der Waals surface area (Å²) in [5, 5.41) is 4.03. The number of carbonyl (C=O) groups excluding carboxylic acids is 1. The van der Waals surface area contributed by atoms with Gasteiger partial charge in [-0.3, -0.25) is 14.7 Å². The zero-order chi connectivity index (χ0) is 21.6. The van der Waals surface area contributed by atoms with E-state index in [0.717, 1.165) is 16.6 Å². The summed E-state index contributed by atoms with van der Waals surface area (Å²) in [5.41, 5.74) is 2.41. The minimum atomic E-state index is -2.15. The number of piperidine rings is 1. The van der Waals surface area contributed by atoms with Gasteiger partial charge in [0.1, 0.15) is 0 Å². The Morgan fingerprint density at radius 1 is 1.21 bits per heavy atom. The molecular weight excluding hydrogens is 352 g/mol. The molecule has 28 heavy (non-hydrogen) atoms. The fourth-order valence-corrected chi connectivity index (χ4v) is 4.37. The van der Waals surface area contributed by atoms with Crippen LogP contribution in [-0.2, 0) is 4.74 Å². The molecule has 2 bridgehead atoms. The molecule has 5 rings (SSSR count). The Labute approximate surface area is 168 Å². The Hall–Kier alpha value is -2.70. The zero-order valence-corrected chi connectivity index (χ0v) is 15.4. The third kappa shape index (κ3) is 2.99. The molecule has 0 radical (unpaired) electrons. The third-order valence-corrected chi connectivity index (χ3v) is 5.74. The van der Waals surface area contributed by atoms with Gasteiger partial charge in [-0.1, -0.05) is 18.2 Å². The molecule has 1 aromatic carbocycles. The normalized spacial score (nSPS) is 27.0. The lowest BCUT2D eigenvalue weighted by Crippen LogP contribution is -2.59. The number of aromatic nitrogens is 2. The van der Waals surface area contributed by atoms with Crippen LogP contribution in [0, 0.1) is 0 Å². The fraction of sp³-hybridized carbons (Fsp3) is 0.364. The number of nitrogens with one attached hydrogen (secondary N) is 1. The number of carbonyl (C=O) groups is 1. The Balaban J connectivity index is 1.41. The smallest absolute Gasteiger partial charge is 0.253 e. The van der Waals surface area contributed by atoms with Crippen LogP contribution in [-0.4, -0.2) is 58.7 Å². The largest absolute Gasteiger partial charge is 0.378 e. The van der Waals surface area contributed by atoms with Crippen LogP contribution in [0.1, 0.15) is 27.3 Å². The van der Waals surface area contributed by atoms with Gasteiger partial charge in [-0.05, 0) is 38.0 Å². The molecule has 6 nitrogen and oxygen atoms in total. The molecule has 0 saturated carbocycles. The first-order chi connectivity index (χ1) is 14.9. The summed E-state index contributed by atoms with van der Waals surface area (Å²) in [5.74, 6) is -0.148. The van der Waals surface area contributed by atoms with Crippen molar-refractivity contribution < 1.29 is 13.6 Å². The van der Waals surface area contributed by atoms with Gasteiger partial charge in [-0.2, -0.15) is 0 Å². The van der Waals surface area contributed by atoms with E-state index in [1.165, 1.54) is 0 Å². The second-order valence-corrected chi connectivity index (χ2v) is 7.54. The van der Waals surface area contributed by atoms with E-state index >= 15 is 0 Å². The molecule has 2 saturated heterocycles. The van der Waals surface area contributed by atoms with Crippen LogP contribution < -0.4 is 5.32 Å². The van der Waals surface area contributed by atoms with Crippen molar-refractivity contribution in [2.24, 2.45) is 0 Å². The van der Waals surface area contributed by atoms with Gasteiger partial charge < -0.3 is 14.6 Å². The molecule has 2 aliphatic rings. The quantitative estimate of drug-likeness (QED) is 0.760. The van der Waals surface area contributed by atoms with Gasteiger partial charge >= 0.3 is 0 Å². The number of nitrogens with zero attached hydrogens (tertiary/aromatic N) is 3. The van der Waals surface area contributed by atoms with Gasteiger partial charge in [0.2, 0.25) is 0 Å². The zero-order valence-electron chi connectivity index (χ0n) is 18.4. The Kier molecular flexibility index (Phi) is 3.60. The summed E-state index contributed by atoms with van der Waals surface area (Å²) in [6.07, 6.45) is 6.44. The van der Waals surface area contributed by atoms with Crippen LogP contribution in [0.3, 0.4) is 0 Å². The molecule has 144 valence electrons. The Morgan fingerprint density at radius 3 is 2.79 bits per heavy atom.